The summed E-state index contributed by atoms with van der Waals surface area (Å²) in [7, 11) is 0. The van der Waals surface area contributed by atoms with Gasteiger partial charge >= 0.3 is 0 Å². The number of hydrogen-bond donors (Lipinski definition) is 2. The van der Waals surface area contributed by atoms with Gasteiger partial charge < -0.3 is 16.0 Å². The number of anilines is 2. The van der Waals surface area contributed by atoms with Gasteiger partial charge in [-0.3, -0.25) is 14.8 Å². The number of benzene rings is 2. The van der Waals surface area contributed by atoms with Gasteiger partial charge in [-0.15, -0.1) is 0 Å². The largest absolute Gasteiger partial charge is 0.397 e. The highest BCUT2D eigenvalue weighted by Crippen LogP contribution is 2.38. The number of carbonyl (C=O) groups excluding carboxylic acids is 1. The summed E-state index contributed by atoms with van der Waals surface area (Å²) in [5.74, 6) is 0.0637. The number of unbranched alkanes of at least 4 members (excludes halogenated alkanes) is 8. The number of aryl methyl sites for hydroxylation is 1. The van der Waals surface area contributed by atoms with Gasteiger partial charge in [0.05, 0.1) is 35.5 Å². The molecule has 1 aromatic heterocycles. The number of nitrogen functional groups attached to an aromatic ring is 2. The van der Waals surface area contributed by atoms with Gasteiger partial charge in [0.15, 0.2) is 5.78 Å². The highest BCUT2D eigenvalue weighted by Gasteiger charge is 2.19. The molecule has 0 radical (unpaired) electrons. The van der Waals surface area contributed by atoms with E-state index in [1.165, 1.54) is 44.9 Å². The number of Topliss-reactive ketones (excluding diaryl/α,β-unsaturated/α-hetero) is 1. The van der Waals surface area contributed by atoms with Crippen molar-refractivity contribution < 1.29 is 4.79 Å². The third-order valence-corrected chi connectivity index (χ3v) is 8.16. The quantitative estimate of drug-likeness (QED) is 0.0634. The van der Waals surface area contributed by atoms with Crippen LogP contribution in [0.3, 0.4) is 0 Å². The molecule has 6 heteroatoms. The average molecular weight is 586 g/mol. The molecular formula is C37H55N5O. The molecule has 234 valence electrons. The zero-order chi connectivity index (χ0) is 31.4. The van der Waals surface area contributed by atoms with Crippen LogP contribution < -0.4 is 11.5 Å². The Balaban J connectivity index is 2.14. The Kier molecular flexibility index (Phi) is 13.5. The first-order valence-corrected chi connectivity index (χ1v) is 16.6. The van der Waals surface area contributed by atoms with Crippen LogP contribution in [0.2, 0.25) is 0 Å². The molecular weight excluding hydrogens is 530 g/mol. The molecule has 3 aromatic rings. The standard InChI is InChI=1S/C37H55N5O/c1-7-10-12-14-16-18-34(40-24-26(4)5)28-20-30-31-21-29(35(41-25-27(6)43)19-17-15-13-11-8-2)23-33(39)37(31)42(9-3)36(30)32(38)22-28/h20-23H,4,7-19,24-25,38-39H2,1-3,5-6H3. The van der Waals surface area contributed by atoms with E-state index in [1.807, 2.05) is 13.0 Å². The minimum Gasteiger partial charge on any atom is -0.397 e. The summed E-state index contributed by atoms with van der Waals surface area (Å²) in [6.45, 7) is 15.9. The van der Waals surface area contributed by atoms with Crippen molar-refractivity contribution in [3.05, 3.63) is 47.5 Å². The third kappa shape index (κ3) is 9.29. The van der Waals surface area contributed by atoms with Crippen LogP contribution in [0.4, 0.5) is 11.4 Å². The van der Waals surface area contributed by atoms with Gasteiger partial charge in [0.2, 0.25) is 0 Å². The molecule has 0 aliphatic heterocycles. The Morgan fingerprint density at radius 1 is 0.698 bits per heavy atom. The maximum atomic E-state index is 11.9. The van der Waals surface area contributed by atoms with E-state index in [1.54, 1.807) is 6.92 Å². The van der Waals surface area contributed by atoms with E-state index in [4.69, 9.17) is 21.5 Å². The molecule has 0 unspecified atom stereocenters. The minimum atomic E-state index is 0.0637. The maximum absolute atomic E-state index is 11.9. The number of nitrogens with two attached hydrogens (primary N) is 2. The van der Waals surface area contributed by atoms with Crippen LogP contribution in [0.1, 0.15) is 123 Å². The molecule has 0 atom stereocenters. The van der Waals surface area contributed by atoms with Crippen LogP contribution >= 0.6 is 0 Å². The first-order valence-electron chi connectivity index (χ1n) is 16.6. The molecule has 0 bridgehead atoms. The second kappa shape index (κ2) is 17.0. The van der Waals surface area contributed by atoms with Gasteiger partial charge in [-0.05, 0) is 81.8 Å². The van der Waals surface area contributed by atoms with Gasteiger partial charge in [-0.1, -0.05) is 77.4 Å². The third-order valence-electron chi connectivity index (χ3n) is 8.16. The number of hydrogen-bond acceptors (Lipinski definition) is 5. The summed E-state index contributed by atoms with van der Waals surface area (Å²) in [6, 6.07) is 8.59. The molecule has 0 aliphatic carbocycles. The van der Waals surface area contributed by atoms with E-state index in [2.05, 4.69) is 50.1 Å². The van der Waals surface area contributed by atoms with Gasteiger partial charge in [0.1, 0.15) is 0 Å². The van der Waals surface area contributed by atoms with Crippen LogP contribution in [0.15, 0.2) is 46.4 Å². The Bertz CT molecular complexity index is 1350. The summed E-state index contributed by atoms with van der Waals surface area (Å²) >= 11 is 0. The number of aromatic nitrogens is 1. The fourth-order valence-corrected chi connectivity index (χ4v) is 5.95. The Morgan fingerprint density at radius 2 is 1.14 bits per heavy atom. The maximum Gasteiger partial charge on any atom is 0.151 e. The second-order valence-corrected chi connectivity index (χ2v) is 12.2. The van der Waals surface area contributed by atoms with Crippen LogP contribution in [-0.2, 0) is 11.3 Å². The average Bonchev–Trinajstić information content (AvgIpc) is 3.30. The first kappa shape index (κ1) is 34.1. The number of aliphatic imine (C=N–C) groups is 2. The van der Waals surface area contributed by atoms with Gasteiger partial charge in [-0.2, -0.15) is 0 Å². The monoisotopic (exact) mass is 585 g/mol. The van der Waals surface area contributed by atoms with E-state index >= 15 is 0 Å². The fourth-order valence-electron chi connectivity index (χ4n) is 5.95. The van der Waals surface area contributed by atoms with Crippen molar-refractivity contribution in [3.63, 3.8) is 0 Å². The lowest BCUT2D eigenvalue weighted by molar-refractivity contribution is -0.115. The normalized spacial score (nSPS) is 12.5. The van der Waals surface area contributed by atoms with Crippen molar-refractivity contribution in [2.24, 2.45) is 9.98 Å². The van der Waals surface area contributed by atoms with E-state index in [0.29, 0.717) is 12.2 Å². The number of fused-ring (bicyclic) bond motifs is 3. The molecule has 0 amide bonds. The van der Waals surface area contributed by atoms with Crippen LogP contribution in [-0.4, -0.2) is 34.9 Å². The molecule has 1 heterocycles. The Hall–Kier alpha value is -3.41. The zero-order valence-corrected chi connectivity index (χ0v) is 27.5. The van der Waals surface area contributed by atoms with Crippen molar-refractivity contribution in [2.75, 3.05) is 24.6 Å². The van der Waals surface area contributed by atoms with Crippen molar-refractivity contribution >= 4 is 50.4 Å². The van der Waals surface area contributed by atoms with Crippen molar-refractivity contribution in [3.8, 4) is 0 Å². The second-order valence-electron chi connectivity index (χ2n) is 12.2. The fraction of sp³-hybridized carbons (Fsp3) is 0.541. The number of nitrogens with zero attached hydrogens (tertiary/aromatic N) is 3. The summed E-state index contributed by atoms with van der Waals surface area (Å²) < 4.78 is 2.23. The highest BCUT2D eigenvalue weighted by atomic mass is 16.1. The number of ketones is 1. The molecule has 0 fully saturated rings. The molecule has 6 nitrogen and oxygen atoms in total. The van der Waals surface area contributed by atoms with E-state index < -0.39 is 0 Å². The molecule has 4 N–H and O–H groups in total. The molecule has 0 spiro atoms. The molecule has 0 saturated heterocycles. The first-order chi connectivity index (χ1) is 20.7. The molecule has 43 heavy (non-hydrogen) atoms. The van der Waals surface area contributed by atoms with Gasteiger partial charge in [0.25, 0.3) is 0 Å². The lowest BCUT2D eigenvalue weighted by Gasteiger charge is -2.12. The van der Waals surface area contributed by atoms with E-state index in [0.717, 1.165) is 94.3 Å². The van der Waals surface area contributed by atoms with Crippen molar-refractivity contribution in [1.82, 2.24) is 4.57 Å². The molecule has 2 aromatic carbocycles. The SMILES string of the molecule is C=C(C)CN=C(CCCCCCC)c1cc(N)c2c(c1)c1cc(C(CCCCCCC)=NCC(C)=O)cc(N)c1n2CC. The lowest BCUT2D eigenvalue weighted by Crippen LogP contribution is -2.07. The topological polar surface area (TPSA) is 98.8 Å². The van der Waals surface area contributed by atoms with Gasteiger partial charge in [0, 0.05) is 28.7 Å². The van der Waals surface area contributed by atoms with Crippen LogP contribution in [0.5, 0.6) is 0 Å². The van der Waals surface area contributed by atoms with Crippen molar-refractivity contribution in [2.45, 2.75) is 118 Å². The van der Waals surface area contributed by atoms with E-state index in [-0.39, 0.29) is 12.3 Å². The summed E-state index contributed by atoms with van der Waals surface area (Å²) in [6.07, 6.45) is 13.7. The highest BCUT2D eigenvalue weighted by molar-refractivity contribution is 6.19. The Labute approximate surface area is 259 Å². The zero-order valence-electron chi connectivity index (χ0n) is 27.5. The van der Waals surface area contributed by atoms with E-state index in [9.17, 15) is 4.79 Å². The van der Waals surface area contributed by atoms with Crippen molar-refractivity contribution in [1.29, 1.82) is 0 Å². The lowest BCUT2D eigenvalue weighted by atomic mass is 9.97. The summed E-state index contributed by atoms with van der Waals surface area (Å²) in [5.41, 5.74) is 22.2. The smallest absolute Gasteiger partial charge is 0.151 e. The van der Waals surface area contributed by atoms with Crippen LogP contribution in [0.25, 0.3) is 21.8 Å². The molecule has 3 rings (SSSR count). The van der Waals surface area contributed by atoms with Gasteiger partial charge in [-0.25, -0.2) is 0 Å². The van der Waals surface area contributed by atoms with Crippen LogP contribution in [0, 0.1) is 0 Å². The summed E-state index contributed by atoms with van der Waals surface area (Å²) in [5, 5.41) is 2.16. The minimum absolute atomic E-state index is 0.0637. The molecule has 0 aliphatic rings. The number of rotatable bonds is 19. The Morgan fingerprint density at radius 3 is 1.53 bits per heavy atom. The predicted octanol–water partition coefficient (Wildman–Crippen LogP) is 9.44. The molecule has 0 saturated carbocycles. The summed E-state index contributed by atoms with van der Waals surface area (Å²) in [4.78, 5) is 21.7. The predicted molar refractivity (Wildman–Crippen MR) is 189 cm³/mol. The number of carbonyl (C=O) groups is 1.